The zero-order chi connectivity index (χ0) is 14.4. The number of anilines is 1. The molecule has 0 spiro atoms. The first-order chi connectivity index (χ1) is 9.65. The van der Waals surface area contributed by atoms with Crippen molar-refractivity contribution in [2.45, 2.75) is 12.8 Å². The van der Waals surface area contributed by atoms with Gasteiger partial charge in [-0.3, -0.25) is 4.79 Å². The molecule has 0 saturated heterocycles. The highest BCUT2D eigenvalue weighted by atomic mass is 35.5. The van der Waals surface area contributed by atoms with Crippen molar-refractivity contribution in [3.05, 3.63) is 64.7 Å². The van der Waals surface area contributed by atoms with Crippen molar-refractivity contribution < 1.29 is 4.79 Å². The number of carbonyl (C=O) groups excluding carboxylic acids is 1. The number of nitrogens with one attached hydrogen (secondary N) is 1. The number of hydrogen-bond acceptors (Lipinski definition) is 2. The number of amides is 1. The third kappa shape index (κ3) is 4.28. The van der Waals surface area contributed by atoms with Crippen molar-refractivity contribution >= 4 is 23.2 Å². The Balaban J connectivity index is 1.76. The Kier molecular flexibility index (Phi) is 5.02. The Morgan fingerprint density at radius 3 is 2.60 bits per heavy atom. The summed E-state index contributed by atoms with van der Waals surface area (Å²) >= 11 is 5.85. The van der Waals surface area contributed by atoms with Gasteiger partial charge in [-0.15, -0.1) is 0 Å². The van der Waals surface area contributed by atoms with Gasteiger partial charge >= 0.3 is 0 Å². The summed E-state index contributed by atoms with van der Waals surface area (Å²) < 4.78 is 0. The first-order valence-corrected chi connectivity index (χ1v) is 6.91. The second-order valence-electron chi connectivity index (χ2n) is 4.61. The zero-order valence-electron chi connectivity index (χ0n) is 11.1. The van der Waals surface area contributed by atoms with Crippen molar-refractivity contribution in [1.29, 1.82) is 0 Å². The van der Waals surface area contributed by atoms with E-state index in [4.69, 9.17) is 17.3 Å². The van der Waals surface area contributed by atoms with Crippen LogP contribution in [0.1, 0.15) is 22.3 Å². The van der Waals surface area contributed by atoms with Gasteiger partial charge in [0, 0.05) is 22.8 Å². The molecule has 20 heavy (non-hydrogen) atoms. The van der Waals surface area contributed by atoms with E-state index in [0.29, 0.717) is 17.1 Å². The molecule has 2 aromatic carbocycles. The van der Waals surface area contributed by atoms with Gasteiger partial charge in [0.25, 0.3) is 5.91 Å². The van der Waals surface area contributed by atoms with Crippen molar-refractivity contribution in [3.8, 4) is 0 Å². The number of rotatable bonds is 5. The van der Waals surface area contributed by atoms with Crippen LogP contribution < -0.4 is 11.1 Å². The molecule has 0 aliphatic heterocycles. The van der Waals surface area contributed by atoms with E-state index in [1.54, 1.807) is 24.3 Å². The molecule has 2 rings (SSSR count). The second kappa shape index (κ2) is 6.96. The largest absolute Gasteiger partial charge is 0.399 e. The molecule has 0 fully saturated rings. The molecule has 3 nitrogen and oxygen atoms in total. The second-order valence-corrected chi connectivity index (χ2v) is 5.05. The Hall–Kier alpha value is -2.00. The fraction of sp³-hybridized carbons (Fsp3) is 0.188. The molecule has 0 saturated carbocycles. The van der Waals surface area contributed by atoms with Crippen LogP contribution in [0.4, 0.5) is 5.69 Å². The minimum atomic E-state index is -0.0928. The third-order valence-electron chi connectivity index (χ3n) is 2.99. The third-order valence-corrected chi connectivity index (χ3v) is 3.23. The zero-order valence-corrected chi connectivity index (χ0v) is 11.9. The molecule has 0 aliphatic rings. The average molecular weight is 289 g/mol. The highest BCUT2D eigenvalue weighted by Gasteiger charge is 2.04. The summed E-state index contributed by atoms with van der Waals surface area (Å²) in [5.41, 5.74) is 8.20. The van der Waals surface area contributed by atoms with E-state index in [2.05, 4.69) is 5.32 Å². The summed E-state index contributed by atoms with van der Waals surface area (Å²) in [5.74, 6) is -0.0928. The van der Waals surface area contributed by atoms with Crippen molar-refractivity contribution in [1.82, 2.24) is 5.32 Å². The van der Waals surface area contributed by atoms with E-state index < -0.39 is 0 Å². The monoisotopic (exact) mass is 288 g/mol. The maximum Gasteiger partial charge on any atom is 0.251 e. The topological polar surface area (TPSA) is 55.1 Å². The summed E-state index contributed by atoms with van der Waals surface area (Å²) in [7, 11) is 0. The Morgan fingerprint density at radius 2 is 1.90 bits per heavy atom. The summed E-state index contributed by atoms with van der Waals surface area (Å²) in [6.45, 7) is 0.635. The number of aryl methyl sites for hydroxylation is 1. The molecule has 0 radical (unpaired) electrons. The van der Waals surface area contributed by atoms with Gasteiger partial charge in [-0.25, -0.2) is 0 Å². The molecular weight excluding hydrogens is 272 g/mol. The molecule has 0 aliphatic carbocycles. The van der Waals surface area contributed by atoms with Crippen LogP contribution in [0, 0.1) is 0 Å². The predicted molar refractivity (Wildman–Crippen MR) is 83.0 cm³/mol. The number of carbonyl (C=O) groups is 1. The van der Waals surface area contributed by atoms with Crippen LogP contribution >= 0.6 is 11.6 Å². The summed E-state index contributed by atoms with van der Waals surface area (Å²) in [4.78, 5) is 11.9. The first kappa shape index (κ1) is 14.4. The van der Waals surface area contributed by atoms with Crippen LogP contribution in [-0.2, 0) is 6.42 Å². The van der Waals surface area contributed by atoms with E-state index >= 15 is 0 Å². The highest BCUT2D eigenvalue weighted by Crippen LogP contribution is 2.10. The number of nitrogen functional groups attached to an aromatic ring is 1. The first-order valence-electron chi connectivity index (χ1n) is 6.53. The number of nitrogens with two attached hydrogens (primary N) is 1. The van der Waals surface area contributed by atoms with Gasteiger partial charge in [-0.2, -0.15) is 0 Å². The molecule has 0 atom stereocenters. The van der Waals surface area contributed by atoms with Crippen LogP contribution in [0.3, 0.4) is 0 Å². The molecule has 104 valence electrons. The van der Waals surface area contributed by atoms with Crippen molar-refractivity contribution in [3.63, 3.8) is 0 Å². The minimum absolute atomic E-state index is 0.0928. The summed E-state index contributed by atoms with van der Waals surface area (Å²) in [5, 5.41) is 3.45. The van der Waals surface area contributed by atoms with Gasteiger partial charge in [0.15, 0.2) is 0 Å². The standard InChI is InChI=1S/C16H17ClN2O/c17-14-5-1-4-13(11-14)16(20)19-10-2-3-12-6-8-15(18)9-7-12/h1,4-9,11H,2-3,10,18H2,(H,19,20). The average Bonchev–Trinajstić information content (AvgIpc) is 2.45. The lowest BCUT2D eigenvalue weighted by molar-refractivity contribution is 0.0953. The summed E-state index contributed by atoms with van der Waals surface area (Å²) in [6, 6.07) is 14.7. The maximum absolute atomic E-state index is 11.9. The van der Waals surface area contributed by atoms with Gasteiger partial charge in [-0.1, -0.05) is 29.8 Å². The Bertz CT molecular complexity index is 581. The van der Waals surface area contributed by atoms with Crippen molar-refractivity contribution in [2.24, 2.45) is 0 Å². The van der Waals surface area contributed by atoms with E-state index in [1.165, 1.54) is 5.56 Å². The lowest BCUT2D eigenvalue weighted by Crippen LogP contribution is -2.24. The molecule has 0 unspecified atom stereocenters. The van der Waals surface area contributed by atoms with Gasteiger partial charge < -0.3 is 11.1 Å². The SMILES string of the molecule is Nc1ccc(CCCNC(=O)c2cccc(Cl)c2)cc1. The van der Waals surface area contributed by atoms with E-state index in [0.717, 1.165) is 18.5 Å². The molecule has 0 aromatic heterocycles. The molecule has 4 heteroatoms. The van der Waals surface area contributed by atoms with Crippen LogP contribution in [0.5, 0.6) is 0 Å². The van der Waals surface area contributed by atoms with Crippen LogP contribution in [0.15, 0.2) is 48.5 Å². The van der Waals surface area contributed by atoms with E-state index in [1.807, 2.05) is 24.3 Å². The number of hydrogen-bond donors (Lipinski definition) is 2. The van der Waals surface area contributed by atoms with Crippen molar-refractivity contribution in [2.75, 3.05) is 12.3 Å². The fourth-order valence-corrected chi connectivity index (χ4v) is 2.10. The smallest absolute Gasteiger partial charge is 0.251 e. The van der Waals surface area contributed by atoms with E-state index in [9.17, 15) is 4.79 Å². The molecule has 0 heterocycles. The van der Waals surface area contributed by atoms with Gasteiger partial charge in [-0.05, 0) is 48.7 Å². The number of halogens is 1. The molecule has 3 N–H and O–H groups in total. The maximum atomic E-state index is 11.9. The fourth-order valence-electron chi connectivity index (χ4n) is 1.91. The van der Waals surface area contributed by atoms with Gasteiger partial charge in [0.1, 0.15) is 0 Å². The Labute approximate surface area is 123 Å². The van der Waals surface area contributed by atoms with Gasteiger partial charge in [0.05, 0.1) is 0 Å². The molecule has 0 bridgehead atoms. The van der Waals surface area contributed by atoms with Crippen LogP contribution in [0.2, 0.25) is 5.02 Å². The predicted octanol–water partition coefficient (Wildman–Crippen LogP) is 3.28. The van der Waals surface area contributed by atoms with Crippen LogP contribution in [0.25, 0.3) is 0 Å². The quantitative estimate of drug-likeness (QED) is 0.655. The number of benzene rings is 2. The highest BCUT2D eigenvalue weighted by molar-refractivity contribution is 6.30. The summed E-state index contributed by atoms with van der Waals surface area (Å²) in [6.07, 6.45) is 1.80. The van der Waals surface area contributed by atoms with Gasteiger partial charge in [0.2, 0.25) is 0 Å². The lowest BCUT2D eigenvalue weighted by Gasteiger charge is -2.06. The van der Waals surface area contributed by atoms with Crippen LogP contribution in [-0.4, -0.2) is 12.5 Å². The molecule has 1 amide bonds. The normalized spacial score (nSPS) is 10.2. The Morgan fingerprint density at radius 1 is 1.15 bits per heavy atom. The molecular formula is C16H17ClN2O. The molecule has 2 aromatic rings. The minimum Gasteiger partial charge on any atom is -0.399 e. The van der Waals surface area contributed by atoms with E-state index in [-0.39, 0.29) is 5.91 Å². The lowest BCUT2D eigenvalue weighted by atomic mass is 10.1.